The van der Waals surface area contributed by atoms with Crippen molar-refractivity contribution in [3.63, 3.8) is 0 Å². The van der Waals surface area contributed by atoms with E-state index in [1.165, 1.54) is 4.68 Å². The third-order valence-corrected chi connectivity index (χ3v) is 3.75. The number of aliphatic hydroxyl groups is 1. The van der Waals surface area contributed by atoms with Gasteiger partial charge in [0.2, 0.25) is 0 Å². The quantitative estimate of drug-likeness (QED) is 0.738. The lowest BCUT2D eigenvalue weighted by Crippen LogP contribution is -2.15. The number of hydrogen-bond donors (Lipinski definition) is 3. The number of benzene rings is 1. The van der Waals surface area contributed by atoms with Crippen molar-refractivity contribution in [2.45, 2.75) is 26.3 Å². The fourth-order valence-electron chi connectivity index (χ4n) is 2.43. The molecule has 0 saturated carbocycles. The van der Waals surface area contributed by atoms with E-state index in [2.05, 4.69) is 10.4 Å². The van der Waals surface area contributed by atoms with Crippen molar-refractivity contribution < 1.29 is 15.0 Å². The predicted octanol–water partition coefficient (Wildman–Crippen LogP) is 3.43. The maximum Gasteiger partial charge on any atom is 0.410 e. The molecular formula is C15H17Cl2N3O3. The van der Waals surface area contributed by atoms with E-state index in [0.29, 0.717) is 28.7 Å². The molecule has 0 aliphatic rings. The average molecular weight is 358 g/mol. The molecule has 6 nitrogen and oxygen atoms in total. The largest absolute Gasteiger partial charge is 0.465 e. The minimum absolute atomic E-state index is 0.137. The fourth-order valence-corrected chi connectivity index (χ4v) is 3.00. The first kappa shape index (κ1) is 17.6. The summed E-state index contributed by atoms with van der Waals surface area (Å²) in [5.74, 6) is 0.361. The van der Waals surface area contributed by atoms with Gasteiger partial charge < -0.3 is 10.2 Å². The number of halogens is 2. The third-order valence-electron chi connectivity index (χ3n) is 3.31. The molecule has 2 aromatic rings. The summed E-state index contributed by atoms with van der Waals surface area (Å²) in [5.41, 5.74) is 2.37. The molecule has 0 aliphatic heterocycles. The molecule has 23 heavy (non-hydrogen) atoms. The van der Waals surface area contributed by atoms with E-state index < -0.39 is 6.09 Å². The first-order valence-corrected chi connectivity index (χ1v) is 7.84. The van der Waals surface area contributed by atoms with Gasteiger partial charge in [-0.1, -0.05) is 30.1 Å². The standard InChI is InChI=1S/C15H17Cl2N3O3/c1-2-13-12(7-9-5-10(16)8-11(17)6-9)14(18-15(22)23)20(19-13)3-4-21/h5-6,8,18,21H,2-4,7H2,1H3,(H,22,23). The first-order chi connectivity index (χ1) is 10.9. The summed E-state index contributed by atoms with van der Waals surface area (Å²) in [6.45, 7) is 2.01. The van der Waals surface area contributed by atoms with Crippen LogP contribution < -0.4 is 5.32 Å². The highest BCUT2D eigenvalue weighted by atomic mass is 35.5. The molecule has 1 aromatic carbocycles. The molecule has 0 radical (unpaired) electrons. The smallest absolute Gasteiger partial charge is 0.410 e. The zero-order valence-corrected chi connectivity index (χ0v) is 14.0. The SMILES string of the molecule is CCc1nn(CCO)c(NC(=O)O)c1Cc1cc(Cl)cc(Cl)c1. The van der Waals surface area contributed by atoms with Crippen molar-refractivity contribution in [2.24, 2.45) is 0 Å². The van der Waals surface area contributed by atoms with Crippen LogP contribution in [-0.2, 0) is 19.4 Å². The summed E-state index contributed by atoms with van der Waals surface area (Å²) >= 11 is 12.0. The van der Waals surface area contributed by atoms with Crippen LogP contribution in [0.5, 0.6) is 0 Å². The number of nitrogens with one attached hydrogen (secondary N) is 1. The van der Waals surface area contributed by atoms with Crippen LogP contribution >= 0.6 is 23.2 Å². The maximum atomic E-state index is 11.1. The molecule has 1 heterocycles. The van der Waals surface area contributed by atoms with Crippen LogP contribution in [0.15, 0.2) is 18.2 Å². The second-order valence-corrected chi connectivity index (χ2v) is 5.83. The van der Waals surface area contributed by atoms with Crippen molar-refractivity contribution in [1.82, 2.24) is 9.78 Å². The molecule has 0 atom stereocenters. The highest BCUT2D eigenvalue weighted by Crippen LogP contribution is 2.27. The monoisotopic (exact) mass is 357 g/mol. The number of hydrogen-bond acceptors (Lipinski definition) is 3. The number of aromatic nitrogens is 2. The topological polar surface area (TPSA) is 87.4 Å². The van der Waals surface area contributed by atoms with Crippen LogP contribution in [0.1, 0.15) is 23.7 Å². The van der Waals surface area contributed by atoms with Crippen LogP contribution in [0.2, 0.25) is 10.0 Å². The van der Waals surface area contributed by atoms with E-state index >= 15 is 0 Å². The molecule has 0 fully saturated rings. The fraction of sp³-hybridized carbons (Fsp3) is 0.333. The first-order valence-electron chi connectivity index (χ1n) is 7.09. The van der Waals surface area contributed by atoms with Gasteiger partial charge in [-0.3, -0.25) is 5.32 Å². The Bertz CT molecular complexity index is 696. The summed E-state index contributed by atoms with van der Waals surface area (Å²) in [4.78, 5) is 11.1. The van der Waals surface area contributed by atoms with Gasteiger partial charge in [0.05, 0.1) is 18.8 Å². The van der Waals surface area contributed by atoms with Gasteiger partial charge in [0.15, 0.2) is 0 Å². The average Bonchev–Trinajstić information content (AvgIpc) is 2.75. The number of amides is 1. The second-order valence-electron chi connectivity index (χ2n) is 4.96. The molecular weight excluding hydrogens is 341 g/mol. The Labute approximate surface area is 143 Å². The lowest BCUT2D eigenvalue weighted by molar-refractivity contribution is 0.209. The van der Waals surface area contributed by atoms with Gasteiger partial charge in [-0.25, -0.2) is 9.48 Å². The Morgan fingerprint density at radius 1 is 1.30 bits per heavy atom. The van der Waals surface area contributed by atoms with E-state index in [1.54, 1.807) is 18.2 Å². The predicted molar refractivity (Wildman–Crippen MR) is 89.6 cm³/mol. The summed E-state index contributed by atoms with van der Waals surface area (Å²) in [6.07, 6.45) is -0.113. The van der Waals surface area contributed by atoms with E-state index in [4.69, 9.17) is 33.4 Å². The molecule has 124 valence electrons. The van der Waals surface area contributed by atoms with Crippen LogP contribution in [0.25, 0.3) is 0 Å². The molecule has 0 aliphatic carbocycles. The molecule has 1 aromatic heterocycles. The molecule has 1 amide bonds. The van der Waals surface area contributed by atoms with Crippen LogP contribution in [0.4, 0.5) is 10.6 Å². The van der Waals surface area contributed by atoms with E-state index in [0.717, 1.165) is 16.8 Å². The third kappa shape index (κ3) is 4.37. The molecule has 2 rings (SSSR count). The number of aliphatic hydroxyl groups excluding tert-OH is 1. The van der Waals surface area contributed by atoms with Gasteiger partial charge >= 0.3 is 6.09 Å². The van der Waals surface area contributed by atoms with Gasteiger partial charge in [0.1, 0.15) is 5.82 Å². The molecule has 8 heteroatoms. The number of nitrogens with zero attached hydrogens (tertiary/aromatic N) is 2. The lowest BCUT2D eigenvalue weighted by Gasteiger charge is -2.09. The number of carbonyl (C=O) groups is 1. The molecule has 0 unspecified atom stereocenters. The molecule has 3 N–H and O–H groups in total. The number of anilines is 1. The van der Waals surface area contributed by atoms with Crippen LogP contribution in [0, 0.1) is 0 Å². The lowest BCUT2D eigenvalue weighted by atomic mass is 10.0. The Balaban J connectivity index is 2.47. The zero-order chi connectivity index (χ0) is 17.0. The van der Waals surface area contributed by atoms with Gasteiger partial charge in [0.25, 0.3) is 0 Å². The minimum Gasteiger partial charge on any atom is -0.465 e. The Hall–Kier alpha value is -1.76. The normalized spacial score (nSPS) is 10.8. The van der Waals surface area contributed by atoms with Gasteiger partial charge in [0, 0.05) is 22.0 Å². The Morgan fingerprint density at radius 3 is 2.48 bits per heavy atom. The Morgan fingerprint density at radius 2 is 1.96 bits per heavy atom. The molecule has 0 bridgehead atoms. The van der Waals surface area contributed by atoms with Crippen molar-refractivity contribution >= 4 is 35.1 Å². The summed E-state index contributed by atoms with van der Waals surface area (Å²) < 4.78 is 1.47. The molecule has 0 saturated heterocycles. The van der Waals surface area contributed by atoms with Crippen molar-refractivity contribution in [1.29, 1.82) is 0 Å². The second kappa shape index (κ2) is 7.68. The highest BCUT2D eigenvalue weighted by Gasteiger charge is 2.19. The van der Waals surface area contributed by atoms with E-state index in [9.17, 15) is 4.79 Å². The van der Waals surface area contributed by atoms with Gasteiger partial charge in [-0.15, -0.1) is 0 Å². The van der Waals surface area contributed by atoms with E-state index in [1.807, 2.05) is 6.92 Å². The Kier molecular flexibility index (Phi) is 5.87. The van der Waals surface area contributed by atoms with Crippen LogP contribution in [0.3, 0.4) is 0 Å². The maximum absolute atomic E-state index is 11.1. The highest BCUT2D eigenvalue weighted by molar-refractivity contribution is 6.34. The van der Waals surface area contributed by atoms with Crippen molar-refractivity contribution in [2.75, 3.05) is 11.9 Å². The summed E-state index contributed by atoms with van der Waals surface area (Å²) in [7, 11) is 0. The number of rotatable bonds is 6. The number of carboxylic acid groups (broad SMARTS) is 1. The van der Waals surface area contributed by atoms with Crippen molar-refractivity contribution in [3.05, 3.63) is 45.1 Å². The zero-order valence-electron chi connectivity index (χ0n) is 12.5. The van der Waals surface area contributed by atoms with Gasteiger partial charge in [-0.05, 0) is 30.2 Å². The van der Waals surface area contributed by atoms with Crippen molar-refractivity contribution in [3.8, 4) is 0 Å². The van der Waals surface area contributed by atoms with E-state index in [-0.39, 0.29) is 13.2 Å². The minimum atomic E-state index is -1.18. The summed E-state index contributed by atoms with van der Waals surface area (Å²) in [6, 6.07) is 5.19. The summed E-state index contributed by atoms with van der Waals surface area (Å²) in [5, 5.41) is 26.0. The van der Waals surface area contributed by atoms with Crippen LogP contribution in [-0.4, -0.2) is 32.7 Å². The van der Waals surface area contributed by atoms with Gasteiger partial charge in [-0.2, -0.15) is 5.10 Å². The molecule has 0 spiro atoms. The number of aryl methyl sites for hydroxylation is 1.